The molecule has 0 aliphatic heterocycles. The van der Waals surface area contributed by atoms with Crippen molar-refractivity contribution in [2.75, 3.05) is 10.6 Å². The number of rotatable bonds is 10. The van der Waals surface area contributed by atoms with Gasteiger partial charge in [-0.1, -0.05) is 53.5 Å². The Morgan fingerprint density at radius 3 is 2.16 bits per heavy atom. The fraction of sp³-hybridized carbons (Fsp3) is 0.0909. The number of nitrogens with one attached hydrogen (secondary N) is 3. The number of hydrogen-bond donors (Lipinski definition) is 3. The van der Waals surface area contributed by atoms with Crippen molar-refractivity contribution < 1.29 is 19.2 Å². The van der Waals surface area contributed by atoms with E-state index < -0.39 is 17.1 Å². The first kappa shape index (κ1) is 31.6. The summed E-state index contributed by atoms with van der Waals surface area (Å²) in [4.78, 5) is 51.4. The molecule has 0 saturated heterocycles. The van der Waals surface area contributed by atoms with Crippen LogP contribution in [0.2, 0.25) is 10.0 Å². The SMILES string of the molecule is CC(=O)c1ccc(NC(=O)C(C)Sc2cccc(NC(=O)/C(=C\c3ccc(Cl)cc3Cl)NC(=O)c3ccccc3)c2)cc1. The molecule has 3 N–H and O–H groups in total. The Bertz CT molecular complexity index is 1690. The molecular weight excluding hydrogens is 605 g/mol. The number of ketones is 1. The van der Waals surface area contributed by atoms with E-state index in [-0.39, 0.29) is 17.4 Å². The summed E-state index contributed by atoms with van der Waals surface area (Å²) >= 11 is 13.7. The first-order valence-electron chi connectivity index (χ1n) is 13.1. The van der Waals surface area contributed by atoms with Crippen molar-refractivity contribution in [2.24, 2.45) is 0 Å². The van der Waals surface area contributed by atoms with E-state index in [9.17, 15) is 19.2 Å². The van der Waals surface area contributed by atoms with Crippen LogP contribution in [-0.4, -0.2) is 28.8 Å². The summed E-state index contributed by atoms with van der Waals surface area (Å²) in [6.45, 7) is 3.25. The molecule has 0 fully saturated rings. The maximum atomic E-state index is 13.4. The number of amides is 3. The smallest absolute Gasteiger partial charge is 0.272 e. The third kappa shape index (κ3) is 9.06. The Labute approximate surface area is 263 Å². The van der Waals surface area contributed by atoms with Gasteiger partial charge in [0.25, 0.3) is 11.8 Å². The monoisotopic (exact) mass is 631 g/mol. The van der Waals surface area contributed by atoms with Crippen LogP contribution in [0.5, 0.6) is 0 Å². The standard InChI is InChI=1S/C33H27Cl2N3O4S/c1-20(39)22-12-15-26(16-13-22)36-31(40)21(2)43-28-10-6-9-27(19-28)37-33(42)30(17-24-11-14-25(34)18-29(24)35)38-32(41)23-7-4-3-5-8-23/h3-19,21H,1-2H3,(H,36,40)(H,37,42)(H,38,41)/b30-17+. The molecule has 0 aliphatic carbocycles. The predicted octanol–water partition coefficient (Wildman–Crippen LogP) is 7.72. The van der Waals surface area contributed by atoms with Crippen LogP contribution in [0.3, 0.4) is 0 Å². The quantitative estimate of drug-likeness (QED) is 0.0944. The molecule has 7 nitrogen and oxygen atoms in total. The van der Waals surface area contributed by atoms with E-state index in [0.717, 1.165) is 4.90 Å². The molecule has 218 valence electrons. The van der Waals surface area contributed by atoms with E-state index in [4.69, 9.17) is 23.2 Å². The molecule has 0 spiro atoms. The van der Waals surface area contributed by atoms with Crippen LogP contribution in [0.4, 0.5) is 11.4 Å². The molecule has 3 amide bonds. The Hall–Kier alpha value is -4.37. The van der Waals surface area contributed by atoms with Crippen molar-refractivity contribution in [3.63, 3.8) is 0 Å². The van der Waals surface area contributed by atoms with Crippen LogP contribution in [-0.2, 0) is 9.59 Å². The van der Waals surface area contributed by atoms with Gasteiger partial charge in [0.1, 0.15) is 5.70 Å². The molecule has 0 aliphatic rings. The van der Waals surface area contributed by atoms with E-state index in [1.807, 2.05) is 6.07 Å². The van der Waals surface area contributed by atoms with Crippen LogP contribution in [0, 0.1) is 0 Å². The van der Waals surface area contributed by atoms with Gasteiger partial charge in [0.15, 0.2) is 5.78 Å². The van der Waals surface area contributed by atoms with Crippen LogP contribution in [0.25, 0.3) is 6.08 Å². The van der Waals surface area contributed by atoms with Crippen molar-refractivity contribution in [3.8, 4) is 0 Å². The lowest BCUT2D eigenvalue weighted by molar-refractivity contribution is -0.115. The number of Topliss-reactive ketones (excluding diaryl/α,β-unsaturated/α-hetero) is 1. The molecule has 0 aromatic heterocycles. The number of carbonyl (C=O) groups excluding carboxylic acids is 4. The number of halogens is 2. The topological polar surface area (TPSA) is 104 Å². The summed E-state index contributed by atoms with van der Waals surface area (Å²) in [6.07, 6.45) is 1.47. The Balaban J connectivity index is 1.48. The molecule has 10 heteroatoms. The van der Waals surface area contributed by atoms with Gasteiger partial charge in [-0.05, 0) is 92.2 Å². The lowest BCUT2D eigenvalue weighted by Crippen LogP contribution is -2.30. The maximum absolute atomic E-state index is 13.4. The van der Waals surface area contributed by atoms with Crippen LogP contribution >= 0.6 is 35.0 Å². The fourth-order valence-electron chi connectivity index (χ4n) is 3.85. The minimum atomic E-state index is -0.572. The van der Waals surface area contributed by atoms with Crippen LogP contribution < -0.4 is 16.0 Å². The van der Waals surface area contributed by atoms with E-state index in [1.54, 1.807) is 97.9 Å². The van der Waals surface area contributed by atoms with E-state index in [1.165, 1.54) is 24.8 Å². The van der Waals surface area contributed by atoms with E-state index in [2.05, 4.69) is 16.0 Å². The summed E-state index contributed by atoms with van der Waals surface area (Å²) in [7, 11) is 0. The summed E-state index contributed by atoms with van der Waals surface area (Å²) in [5.41, 5.74) is 2.45. The zero-order chi connectivity index (χ0) is 30.9. The third-order valence-corrected chi connectivity index (χ3v) is 7.78. The molecule has 0 saturated carbocycles. The molecular formula is C33H27Cl2N3O4S. The molecule has 1 unspecified atom stereocenters. The predicted molar refractivity (Wildman–Crippen MR) is 174 cm³/mol. The lowest BCUT2D eigenvalue weighted by atomic mass is 10.1. The highest BCUT2D eigenvalue weighted by Crippen LogP contribution is 2.28. The Kier molecular flexibility index (Phi) is 10.8. The molecule has 0 heterocycles. The molecule has 4 aromatic rings. The lowest BCUT2D eigenvalue weighted by Gasteiger charge is -2.14. The van der Waals surface area contributed by atoms with Crippen molar-refractivity contribution in [1.29, 1.82) is 0 Å². The molecule has 4 aromatic carbocycles. The van der Waals surface area contributed by atoms with Gasteiger partial charge >= 0.3 is 0 Å². The van der Waals surface area contributed by atoms with E-state index >= 15 is 0 Å². The molecule has 1 atom stereocenters. The highest BCUT2D eigenvalue weighted by molar-refractivity contribution is 8.00. The fourth-order valence-corrected chi connectivity index (χ4v) is 5.24. The minimum Gasteiger partial charge on any atom is -0.325 e. The maximum Gasteiger partial charge on any atom is 0.272 e. The summed E-state index contributed by atoms with van der Waals surface area (Å²) in [5, 5.41) is 8.62. The zero-order valence-corrected chi connectivity index (χ0v) is 25.5. The highest BCUT2D eigenvalue weighted by Gasteiger charge is 2.18. The number of hydrogen-bond acceptors (Lipinski definition) is 5. The van der Waals surface area contributed by atoms with Crippen LogP contribution in [0.15, 0.2) is 108 Å². The van der Waals surface area contributed by atoms with Gasteiger partial charge in [0.05, 0.1) is 5.25 Å². The Morgan fingerprint density at radius 1 is 0.767 bits per heavy atom. The summed E-state index contributed by atoms with van der Waals surface area (Å²) in [5.74, 6) is -1.31. The number of anilines is 2. The van der Waals surface area contributed by atoms with Gasteiger partial charge in [0.2, 0.25) is 5.91 Å². The summed E-state index contributed by atoms with van der Waals surface area (Å²) in [6, 6.07) is 27.0. The molecule has 43 heavy (non-hydrogen) atoms. The Morgan fingerprint density at radius 2 is 1.49 bits per heavy atom. The zero-order valence-electron chi connectivity index (χ0n) is 23.2. The van der Waals surface area contributed by atoms with Gasteiger partial charge < -0.3 is 16.0 Å². The van der Waals surface area contributed by atoms with Gasteiger partial charge in [-0.3, -0.25) is 19.2 Å². The average Bonchev–Trinajstić information content (AvgIpc) is 2.98. The summed E-state index contributed by atoms with van der Waals surface area (Å²) < 4.78 is 0. The van der Waals surface area contributed by atoms with Gasteiger partial charge in [0, 0.05) is 37.4 Å². The molecule has 4 rings (SSSR count). The van der Waals surface area contributed by atoms with E-state index in [0.29, 0.717) is 38.1 Å². The first-order valence-corrected chi connectivity index (χ1v) is 14.8. The average molecular weight is 633 g/mol. The van der Waals surface area contributed by atoms with Gasteiger partial charge in [-0.15, -0.1) is 11.8 Å². The third-order valence-electron chi connectivity index (χ3n) is 6.12. The second-order valence-electron chi connectivity index (χ2n) is 9.41. The van der Waals surface area contributed by atoms with Crippen molar-refractivity contribution >= 4 is 75.9 Å². The normalized spacial score (nSPS) is 11.8. The number of thioether (sulfide) groups is 1. The highest BCUT2D eigenvalue weighted by atomic mass is 35.5. The first-order chi connectivity index (χ1) is 20.6. The second-order valence-corrected chi connectivity index (χ2v) is 11.7. The largest absolute Gasteiger partial charge is 0.325 e. The second kappa shape index (κ2) is 14.7. The van der Waals surface area contributed by atoms with Crippen LogP contribution in [0.1, 0.15) is 40.1 Å². The van der Waals surface area contributed by atoms with Gasteiger partial charge in [-0.25, -0.2) is 0 Å². The minimum absolute atomic E-state index is 0.0281. The van der Waals surface area contributed by atoms with Crippen molar-refractivity contribution in [1.82, 2.24) is 5.32 Å². The van der Waals surface area contributed by atoms with Crippen molar-refractivity contribution in [3.05, 3.63) is 129 Å². The molecule has 0 bridgehead atoms. The number of carbonyl (C=O) groups is 4. The number of benzene rings is 4. The molecule has 0 radical (unpaired) electrons. The van der Waals surface area contributed by atoms with Gasteiger partial charge in [-0.2, -0.15) is 0 Å². The van der Waals surface area contributed by atoms with Crippen molar-refractivity contribution in [2.45, 2.75) is 24.0 Å².